The van der Waals surface area contributed by atoms with Crippen molar-refractivity contribution in [2.75, 3.05) is 16.8 Å². The summed E-state index contributed by atoms with van der Waals surface area (Å²) in [5.74, 6) is 1.21. The summed E-state index contributed by atoms with van der Waals surface area (Å²) < 4.78 is 0. The number of thioether (sulfide) groups is 1. The summed E-state index contributed by atoms with van der Waals surface area (Å²) >= 11 is 1.76. The van der Waals surface area contributed by atoms with Gasteiger partial charge in [0.15, 0.2) is 0 Å². The monoisotopic (exact) mass is 250 g/mol. The predicted molar refractivity (Wildman–Crippen MR) is 74.3 cm³/mol. The number of hydrogen-bond donors (Lipinski definition) is 2. The molecule has 1 fully saturated rings. The molecule has 1 aromatic carbocycles. The van der Waals surface area contributed by atoms with Gasteiger partial charge in [0.05, 0.1) is 5.25 Å². The van der Waals surface area contributed by atoms with E-state index in [1.54, 1.807) is 11.8 Å². The van der Waals surface area contributed by atoms with Gasteiger partial charge in [-0.05, 0) is 43.2 Å². The van der Waals surface area contributed by atoms with Crippen LogP contribution in [0, 0.1) is 6.92 Å². The summed E-state index contributed by atoms with van der Waals surface area (Å²) in [7, 11) is 0. The average molecular weight is 250 g/mol. The number of nitrogen functional groups attached to an aromatic ring is 1. The van der Waals surface area contributed by atoms with Crippen LogP contribution in [0.5, 0.6) is 0 Å². The second-order valence-electron chi connectivity index (χ2n) is 4.42. The van der Waals surface area contributed by atoms with Gasteiger partial charge >= 0.3 is 0 Å². The predicted octanol–water partition coefficient (Wildman–Crippen LogP) is 2.80. The maximum atomic E-state index is 12.1. The summed E-state index contributed by atoms with van der Waals surface area (Å²) in [4.78, 5) is 12.1. The minimum atomic E-state index is 0.101. The number of carbonyl (C=O) groups is 1. The molecule has 0 spiro atoms. The fourth-order valence-corrected chi connectivity index (χ4v) is 3.13. The molecule has 1 saturated heterocycles. The molecule has 0 radical (unpaired) electrons. The number of carbonyl (C=O) groups excluding carboxylic acids is 1. The number of aryl methyl sites for hydroxylation is 1. The lowest BCUT2D eigenvalue weighted by molar-refractivity contribution is -0.115. The van der Waals surface area contributed by atoms with Crippen LogP contribution in [0.25, 0.3) is 0 Å². The molecule has 3 nitrogen and oxygen atoms in total. The lowest BCUT2D eigenvalue weighted by Gasteiger charge is -2.21. The van der Waals surface area contributed by atoms with Gasteiger partial charge in [0.2, 0.25) is 5.91 Å². The zero-order valence-electron chi connectivity index (χ0n) is 10.0. The van der Waals surface area contributed by atoms with Gasteiger partial charge in [0.25, 0.3) is 0 Å². The summed E-state index contributed by atoms with van der Waals surface area (Å²) in [6, 6.07) is 5.60. The van der Waals surface area contributed by atoms with Crippen LogP contribution in [-0.4, -0.2) is 16.9 Å². The first-order chi connectivity index (χ1) is 8.16. The zero-order valence-corrected chi connectivity index (χ0v) is 10.8. The van der Waals surface area contributed by atoms with E-state index in [1.165, 1.54) is 6.42 Å². The van der Waals surface area contributed by atoms with Crippen LogP contribution in [0.3, 0.4) is 0 Å². The highest BCUT2D eigenvalue weighted by atomic mass is 32.2. The minimum Gasteiger partial charge on any atom is -0.399 e. The molecule has 1 heterocycles. The lowest BCUT2D eigenvalue weighted by Crippen LogP contribution is -2.27. The Bertz CT molecular complexity index is 414. The van der Waals surface area contributed by atoms with Crippen molar-refractivity contribution in [3.8, 4) is 0 Å². The van der Waals surface area contributed by atoms with E-state index >= 15 is 0 Å². The van der Waals surface area contributed by atoms with E-state index in [0.717, 1.165) is 29.8 Å². The number of anilines is 2. The second kappa shape index (κ2) is 5.45. The van der Waals surface area contributed by atoms with Crippen molar-refractivity contribution in [2.24, 2.45) is 0 Å². The summed E-state index contributed by atoms with van der Waals surface area (Å²) in [6.07, 6.45) is 3.37. The van der Waals surface area contributed by atoms with Gasteiger partial charge in [-0.3, -0.25) is 4.79 Å². The quantitative estimate of drug-likeness (QED) is 0.794. The third kappa shape index (κ3) is 3.16. The molecule has 3 N–H and O–H groups in total. The van der Waals surface area contributed by atoms with E-state index in [9.17, 15) is 4.79 Å². The van der Waals surface area contributed by atoms with Crippen molar-refractivity contribution in [3.63, 3.8) is 0 Å². The topological polar surface area (TPSA) is 55.1 Å². The Kier molecular flexibility index (Phi) is 3.94. The van der Waals surface area contributed by atoms with Gasteiger partial charge in [0, 0.05) is 11.4 Å². The van der Waals surface area contributed by atoms with Crippen molar-refractivity contribution in [1.29, 1.82) is 0 Å². The van der Waals surface area contributed by atoms with Crippen LogP contribution < -0.4 is 11.1 Å². The third-order valence-electron chi connectivity index (χ3n) is 2.99. The number of benzene rings is 1. The maximum absolute atomic E-state index is 12.1. The molecule has 0 aromatic heterocycles. The van der Waals surface area contributed by atoms with E-state index in [0.29, 0.717) is 5.69 Å². The molecule has 1 unspecified atom stereocenters. The van der Waals surface area contributed by atoms with Gasteiger partial charge in [0.1, 0.15) is 0 Å². The molecular weight excluding hydrogens is 232 g/mol. The molecule has 1 aliphatic rings. The maximum Gasteiger partial charge on any atom is 0.237 e. The van der Waals surface area contributed by atoms with E-state index in [4.69, 9.17) is 5.73 Å². The molecule has 1 amide bonds. The fourth-order valence-electron chi connectivity index (χ4n) is 1.94. The molecule has 92 valence electrons. The van der Waals surface area contributed by atoms with E-state index < -0.39 is 0 Å². The Morgan fingerprint density at radius 2 is 2.29 bits per heavy atom. The van der Waals surface area contributed by atoms with Gasteiger partial charge in [-0.1, -0.05) is 12.5 Å². The Labute approximate surface area is 106 Å². The number of amides is 1. The smallest absolute Gasteiger partial charge is 0.237 e. The van der Waals surface area contributed by atoms with Gasteiger partial charge < -0.3 is 11.1 Å². The Balaban J connectivity index is 2.04. The van der Waals surface area contributed by atoms with Crippen LogP contribution in [0.15, 0.2) is 18.2 Å². The minimum absolute atomic E-state index is 0.101. The molecule has 1 atom stereocenters. The number of hydrogen-bond acceptors (Lipinski definition) is 3. The van der Waals surface area contributed by atoms with Crippen LogP contribution in [-0.2, 0) is 4.79 Å². The zero-order chi connectivity index (χ0) is 12.3. The number of rotatable bonds is 2. The molecule has 1 aliphatic heterocycles. The number of nitrogens with two attached hydrogens (primary N) is 1. The van der Waals surface area contributed by atoms with Crippen molar-refractivity contribution in [3.05, 3.63) is 23.8 Å². The molecule has 4 heteroatoms. The highest BCUT2D eigenvalue weighted by Gasteiger charge is 2.21. The van der Waals surface area contributed by atoms with E-state index in [2.05, 4.69) is 5.32 Å². The van der Waals surface area contributed by atoms with Gasteiger partial charge in [-0.15, -0.1) is 11.8 Å². The molecule has 0 saturated carbocycles. The highest BCUT2D eigenvalue weighted by molar-refractivity contribution is 8.00. The van der Waals surface area contributed by atoms with Crippen LogP contribution in [0.4, 0.5) is 11.4 Å². The summed E-state index contributed by atoms with van der Waals surface area (Å²) in [5.41, 5.74) is 8.29. The Morgan fingerprint density at radius 1 is 1.47 bits per heavy atom. The van der Waals surface area contributed by atoms with Crippen molar-refractivity contribution >= 4 is 29.0 Å². The van der Waals surface area contributed by atoms with Crippen molar-refractivity contribution in [2.45, 2.75) is 31.4 Å². The first-order valence-corrected chi connectivity index (χ1v) is 7.00. The summed E-state index contributed by atoms with van der Waals surface area (Å²) in [5, 5.41) is 3.08. The van der Waals surface area contributed by atoms with Gasteiger partial charge in [-0.2, -0.15) is 0 Å². The fraction of sp³-hybridized carbons (Fsp3) is 0.462. The second-order valence-corrected chi connectivity index (χ2v) is 5.73. The average Bonchev–Trinajstić information content (AvgIpc) is 2.35. The lowest BCUT2D eigenvalue weighted by atomic mass is 10.1. The van der Waals surface area contributed by atoms with Crippen molar-refractivity contribution < 1.29 is 4.79 Å². The highest BCUT2D eigenvalue weighted by Crippen LogP contribution is 2.27. The van der Waals surface area contributed by atoms with Gasteiger partial charge in [-0.25, -0.2) is 0 Å². The Morgan fingerprint density at radius 3 is 3.00 bits per heavy atom. The SMILES string of the molecule is Cc1ccc(N)cc1NC(=O)C1CCCCS1. The van der Waals surface area contributed by atoms with E-state index in [1.807, 2.05) is 25.1 Å². The van der Waals surface area contributed by atoms with Crippen LogP contribution in [0.1, 0.15) is 24.8 Å². The van der Waals surface area contributed by atoms with Crippen LogP contribution >= 0.6 is 11.8 Å². The first kappa shape index (κ1) is 12.3. The Hall–Kier alpha value is -1.16. The third-order valence-corrected chi connectivity index (χ3v) is 4.37. The first-order valence-electron chi connectivity index (χ1n) is 5.95. The molecular formula is C13H18N2OS. The molecule has 2 rings (SSSR count). The van der Waals surface area contributed by atoms with Crippen LogP contribution in [0.2, 0.25) is 0 Å². The molecule has 0 bridgehead atoms. The van der Waals surface area contributed by atoms with E-state index in [-0.39, 0.29) is 11.2 Å². The molecule has 1 aromatic rings. The normalized spacial score (nSPS) is 19.9. The largest absolute Gasteiger partial charge is 0.399 e. The molecule has 0 aliphatic carbocycles. The summed E-state index contributed by atoms with van der Waals surface area (Å²) in [6.45, 7) is 1.98. The molecule has 17 heavy (non-hydrogen) atoms. The standard InChI is InChI=1S/C13H18N2OS/c1-9-5-6-10(14)8-11(9)15-13(16)12-4-2-3-7-17-12/h5-6,8,12H,2-4,7,14H2,1H3,(H,15,16). The van der Waals surface area contributed by atoms with Crippen molar-refractivity contribution in [1.82, 2.24) is 0 Å². The number of nitrogens with one attached hydrogen (secondary N) is 1.